The number of carbonyl (C=O) groups is 1. The van der Waals surface area contributed by atoms with Gasteiger partial charge in [0, 0.05) is 18.7 Å². The Kier molecular flexibility index (Phi) is 5.86. The van der Waals surface area contributed by atoms with Crippen molar-refractivity contribution >= 4 is 5.91 Å². The van der Waals surface area contributed by atoms with Gasteiger partial charge in [0.15, 0.2) is 0 Å². The number of piperidine rings is 1. The van der Waals surface area contributed by atoms with Crippen molar-refractivity contribution in [3.63, 3.8) is 0 Å². The Morgan fingerprint density at radius 3 is 2.73 bits per heavy atom. The molecule has 5 nitrogen and oxygen atoms in total. The zero-order chi connectivity index (χ0) is 18.5. The third kappa shape index (κ3) is 4.40. The SMILES string of the molecule is Cc1cc(=O)n(CC(=O)N2CCCCC2CCc2ccccc2)nc1C. The average molecular weight is 353 g/mol. The first kappa shape index (κ1) is 18.4. The van der Waals surface area contributed by atoms with Crippen LogP contribution in [-0.2, 0) is 17.8 Å². The molecule has 5 heteroatoms. The molecular formula is C21H27N3O2. The Morgan fingerprint density at radius 2 is 1.96 bits per heavy atom. The Morgan fingerprint density at radius 1 is 1.19 bits per heavy atom. The first-order chi connectivity index (χ1) is 12.5. The number of rotatable bonds is 5. The van der Waals surface area contributed by atoms with E-state index < -0.39 is 0 Å². The summed E-state index contributed by atoms with van der Waals surface area (Å²) in [6.07, 6.45) is 5.16. The lowest BCUT2D eigenvalue weighted by molar-refractivity contribution is -0.136. The van der Waals surface area contributed by atoms with Crippen LogP contribution in [0.15, 0.2) is 41.2 Å². The molecule has 138 valence electrons. The number of hydrogen-bond donors (Lipinski definition) is 0. The van der Waals surface area contributed by atoms with Crippen LogP contribution in [0.5, 0.6) is 0 Å². The molecule has 1 atom stereocenters. The highest BCUT2D eigenvalue weighted by Gasteiger charge is 2.26. The van der Waals surface area contributed by atoms with Crippen molar-refractivity contribution in [2.24, 2.45) is 0 Å². The molecule has 0 radical (unpaired) electrons. The van der Waals surface area contributed by atoms with Crippen LogP contribution in [0.25, 0.3) is 0 Å². The lowest BCUT2D eigenvalue weighted by Gasteiger charge is -2.36. The van der Waals surface area contributed by atoms with E-state index in [4.69, 9.17) is 0 Å². The van der Waals surface area contributed by atoms with E-state index in [2.05, 4.69) is 29.4 Å². The van der Waals surface area contributed by atoms with Gasteiger partial charge in [-0.3, -0.25) is 9.59 Å². The molecule has 1 aromatic carbocycles. The zero-order valence-electron chi connectivity index (χ0n) is 15.6. The second-order valence-electron chi connectivity index (χ2n) is 7.17. The van der Waals surface area contributed by atoms with Crippen molar-refractivity contribution < 1.29 is 4.79 Å². The summed E-state index contributed by atoms with van der Waals surface area (Å²) < 4.78 is 1.30. The van der Waals surface area contributed by atoms with Crippen molar-refractivity contribution in [2.45, 2.75) is 58.5 Å². The minimum atomic E-state index is -0.209. The highest BCUT2D eigenvalue weighted by Crippen LogP contribution is 2.22. The first-order valence-electron chi connectivity index (χ1n) is 9.43. The van der Waals surface area contributed by atoms with E-state index in [1.54, 1.807) is 6.07 Å². The molecule has 1 saturated heterocycles. The third-order valence-electron chi connectivity index (χ3n) is 5.28. The van der Waals surface area contributed by atoms with Crippen molar-refractivity contribution in [2.75, 3.05) is 6.54 Å². The zero-order valence-corrected chi connectivity index (χ0v) is 15.6. The molecule has 1 amide bonds. The second-order valence-corrected chi connectivity index (χ2v) is 7.17. The number of aryl methyl sites for hydroxylation is 3. The van der Waals surface area contributed by atoms with Crippen molar-refractivity contribution in [3.05, 3.63) is 63.6 Å². The van der Waals surface area contributed by atoms with Crippen LogP contribution in [0, 0.1) is 13.8 Å². The van der Waals surface area contributed by atoms with Gasteiger partial charge in [0.05, 0.1) is 5.69 Å². The summed E-state index contributed by atoms with van der Waals surface area (Å²) in [4.78, 5) is 27.0. The molecule has 1 aliphatic heterocycles. The van der Waals surface area contributed by atoms with Crippen LogP contribution in [0.2, 0.25) is 0 Å². The lowest BCUT2D eigenvalue weighted by Crippen LogP contribution is -2.46. The predicted octanol–water partition coefficient (Wildman–Crippen LogP) is 2.87. The van der Waals surface area contributed by atoms with Crippen molar-refractivity contribution in [3.8, 4) is 0 Å². The van der Waals surface area contributed by atoms with Crippen LogP contribution in [0.1, 0.15) is 42.5 Å². The molecule has 1 unspecified atom stereocenters. The molecule has 0 aliphatic carbocycles. The summed E-state index contributed by atoms with van der Waals surface area (Å²) in [6.45, 7) is 4.53. The fourth-order valence-electron chi connectivity index (χ4n) is 3.61. The number of aromatic nitrogens is 2. The highest BCUT2D eigenvalue weighted by molar-refractivity contribution is 5.76. The third-order valence-corrected chi connectivity index (χ3v) is 5.28. The Balaban J connectivity index is 1.68. The van der Waals surface area contributed by atoms with Gasteiger partial charge in [-0.25, -0.2) is 4.68 Å². The minimum absolute atomic E-state index is 0.000569. The largest absolute Gasteiger partial charge is 0.338 e. The topological polar surface area (TPSA) is 55.2 Å². The Bertz CT molecular complexity index is 814. The second kappa shape index (κ2) is 8.30. The number of nitrogens with zero attached hydrogens (tertiary/aromatic N) is 3. The van der Waals surface area contributed by atoms with Gasteiger partial charge in [0.1, 0.15) is 6.54 Å². The summed E-state index contributed by atoms with van der Waals surface area (Å²) >= 11 is 0. The molecule has 0 saturated carbocycles. The fraction of sp³-hybridized carbons (Fsp3) is 0.476. The molecule has 2 heterocycles. The van der Waals surface area contributed by atoms with E-state index in [1.165, 1.54) is 10.2 Å². The van der Waals surface area contributed by atoms with Gasteiger partial charge in [-0.2, -0.15) is 5.10 Å². The van der Waals surface area contributed by atoms with E-state index in [0.717, 1.165) is 49.9 Å². The molecule has 1 aromatic heterocycles. The molecule has 1 fully saturated rings. The van der Waals surface area contributed by atoms with E-state index in [1.807, 2.05) is 24.8 Å². The summed E-state index contributed by atoms with van der Waals surface area (Å²) in [5.74, 6) is 0.000569. The van der Waals surface area contributed by atoms with E-state index in [9.17, 15) is 9.59 Å². The van der Waals surface area contributed by atoms with Crippen LogP contribution >= 0.6 is 0 Å². The molecule has 1 aliphatic rings. The standard InChI is InChI=1S/C21H27N3O2/c1-16-14-20(25)24(22-17(16)2)15-21(26)23-13-7-6-10-19(23)12-11-18-8-4-3-5-9-18/h3-5,8-9,14,19H,6-7,10-13,15H2,1-2H3. The maximum absolute atomic E-state index is 12.9. The van der Waals surface area contributed by atoms with Crippen LogP contribution in [0.3, 0.4) is 0 Å². The average Bonchev–Trinajstić information content (AvgIpc) is 2.65. The van der Waals surface area contributed by atoms with Gasteiger partial charge < -0.3 is 4.90 Å². The van der Waals surface area contributed by atoms with Gasteiger partial charge >= 0.3 is 0 Å². The normalized spacial score (nSPS) is 17.3. The van der Waals surface area contributed by atoms with E-state index >= 15 is 0 Å². The molecular weight excluding hydrogens is 326 g/mol. The molecule has 2 aromatic rings. The maximum Gasteiger partial charge on any atom is 0.267 e. The first-order valence-corrected chi connectivity index (χ1v) is 9.43. The van der Waals surface area contributed by atoms with Gasteiger partial charge in [-0.15, -0.1) is 0 Å². The monoisotopic (exact) mass is 353 g/mol. The number of likely N-dealkylation sites (tertiary alicyclic amines) is 1. The lowest BCUT2D eigenvalue weighted by atomic mass is 9.95. The Hall–Kier alpha value is -2.43. The van der Waals surface area contributed by atoms with Crippen LogP contribution in [0.4, 0.5) is 0 Å². The number of carbonyl (C=O) groups excluding carboxylic acids is 1. The van der Waals surface area contributed by atoms with Crippen molar-refractivity contribution in [1.29, 1.82) is 0 Å². The highest BCUT2D eigenvalue weighted by atomic mass is 16.2. The van der Waals surface area contributed by atoms with E-state index in [-0.39, 0.29) is 24.1 Å². The molecule has 0 N–H and O–H groups in total. The Labute approximate surface area is 154 Å². The summed E-state index contributed by atoms with van der Waals surface area (Å²) in [7, 11) is 0. The minimum Gasteiger partial charge on any atom is -0.338 e. The van der Waals surface area contributed by atoms with Crippen molar-refractivity contribution in [1.82, 2.24) is 14.7 Å². The summed E-state index contributed by atoms with van der Waals surface area (Å²) in [6, 6.07) is 12.2. The smallest absolute Gasteiger partial charge is 0.267 e. The fourth-order valence-corrected chi connectivity index (χ4v) is 3.61. The molecule has 0 bridgehead atoms. The van der Waals surface area contributed by atoms with Gasteiger partial charge in [0.25, 0.3) is 5.56 Å². The van der Waals surface area contributed by atoms with Crippen LogP contribution < -0.4 is 5.56 Å². The molecule has 3 rings (SSSR count). The summed E-state index contributed by atoms with van der Waals surface area (Å²) in [5, 5.41) is 4.28. The van der Waals surface area contributed by atoms with Crippen LogP contribution in [-0.4, -0.2) is 33.2 Å². The number of hydrogen-bond acceptors (Lipinski definition) is 3. The van der Waals surface area contributed by atoms with Gasteiger partial charge in [-0.05, 0) is 57.1 Å². The van der Waals surface area contributed by atoms with Gasteiger partial charge in [0.2, 0.25) is 5.91 Å². The maximum atomic E-state index is 12.9. The number of amides is 1. The number of benzene rings is 1. The molecule has 26 heavy (non-hydrogen) atoms. The molecule has 0 spiro atoms. The van der Waals surface area contributed by atoms with Gasteiger partial charge in [-0.1, -0.05) is 30.3 Å². The summed E-state index contributed by atoms with van der Waals surface area (Å²) in [5.41, 5.74) is 2.74. The predicted molar refractivity (Wildman–Crippen MR) is 102 cm³/mol. The quantitative estimate of drug-likeness (QED) is 0.830. The van der Waals surface area contributed by atoms with E-state index in [0.29, 0.717) is 0 Å².